The predicted octanol–water partition coefficient (Wildman–Crippen LogP) is 3.18. The Balaban J connectivity index is 2.03. The Hall–Kier alpha value is -2.95. The lowest BCUT2D eigenvalue weighted by molar-refractivity contribution is -0.137. The lowest BCUT2D eigenvalue weighted by Crippen LogP contribution is -2.23. The average Bonchev–Trinajstić information content (AvgIpc) is 2.59. The molecule has 1 N–H and O–H groups in total. The summed E-state index contributed by atoms with van der Waals surface area (Å²) < 4.78 is 1.63. The third-order valence-corrected chi connectivity index (χ3v) is 3.94. The molecule has 122 valence electrons. The molecule has 5 nitrogen and oxygen atoms in total. The van der Waals surface area contributed by atoms with Crippen LogP contribution in [-0.2, 0) is 11.2 Å². The van der Waals surface area contributed by atoms with E-state index in [0.717, 1.165) is 11.1 Å². The van der Waals surface area contributed by atoms with Crippen molar-refractivity contribution in [2.24, 2.45) is 0 Å². The monoisotopic (exact) mass is 322 g/mol. The number of aliphatic carboxylic acids is 1. The van der Waals surface area contributed by atoms with Gasteiger partial charge >= 0.3 is 5.97 Å². The number of hydrogen-bond donors (Lipinski definition) is 1. The van der Waals surface area contributed by atoms with Gasteiger partial charge in [0.25, 0.3) is 5.56 Å². The van der Waals surface area contributed by atoms with Gasteiger partial charge in [0.15, 0.2) is 0 Å². The molecular weight excluding hydrogens is 304 g/mol. The van der Waals surface area contributed by atoms with E-state index in [0.29, 0.717) is 30.5 Å². The summed E-state index contributed by atoms with van der Waals surface area (Å²) in [5.41, 5.74) is 1.99. The number of aromatic nitrogens is 2. The fourth-order valence-corrected chi connectivity index (χ4v) is 2.79. The Morgan fingerprint density at radius 3 is 2.62 bits per heavy atom. The number of pyridine rings is 2. The van der Waals surface area contributed by atoms with Crippen LogP contribution in [0.1, 0.15) is 24.8 Å². The molecule has 0 radical (unpaired) electrons. The maximum atomic E-state index is 12.9. The molecule has 0 saturated carbocycles. The van der Waals surface area contributed by atoms with Crippen LogP contribution < -0.4 is 5.56 Å². The van der Waals surface area contributed by atoms with E-state index in [1.54, 1.807) is 10.8 Å². The summed E-state index contributed by atoms with van der Waals surface area (Å²) >= 11 is 0. The molecular formula is C19H18N2O3. The number of benzene rings is 1. The van der Waals surface area contributed by atoms with Crippen molar-refractivity contribution < 1.29 is 9.90 Å². The minimum Gasteiger partial charge on any atom is -0.481 e. The van der Waals surface area contributed by atoms with Crippen molar-refractivity contribution in [3.63, 3.8) is 0 Å². The van der Waals surface area contributed by atoms with E-state index < -0.39 is 5.97 Å². The molecule has 0 aliphatic rings. The van der Waals surface area contributed by atoms with Crippen molar-refractivity contribution in [3.8, 4) is 5.69 Å². The van der Waals surface area contributed by atoms with E-state index in [1.165, 1.54) is 0 Å². The van der Waals surface area contributed by atoms with Gasteiger partial charge < -0.3 is 5.11 Å². The van der Waals surface area contributed by atoms with E-state index >= 15 is 0 Å². The second-order valence-electron chi connectivity index (χ2n) is 5.66. The van der Waals surface area contributed by atoms with E-state index in [4.69, 9.17) is 5.11 Å². The first-order valence-electron chi connectivity index (χ1n) is 7.93. The molecule has 0 aliphatic heterocycles. The molecule has 0 fully saturated rings. The van der Waals surface area contributed by atoms with Crippen LogP contribution >= 0.6 is 0 Å². The average molecular weight is 322 g/mol. The number of para-hydroxylation sites is 1. The minimum atomic E-state index is -0.806. The van der Waals surface area contributed by atoms with E-state index in [-0.39, 0.29) is 12.0 Å². The smallest absolute Gasteiger partial charge is 0.303 e. The minimum absolute atomic E-state index is 0.0947. The molecule has 5 heteroatoms. The molecule has 0 atom stereocenters. The molecule has 0 bridgehead atoms. The molecule has 0 unspecified atom stereocenters. The van der Waals surface area contributed by atoms with Gasteiger partial charge in [-0.05, 0) is 49.6 Å². The summed E-state index contributed by atoms with van der Waals surface area (Å²) in [5.74, 6) is -0.806. The molecule has 1 aromatic carbocycles. The molecule has 0 saturated heterocycles. The first-order chi connectivity index (χ1) is 11.7. The van der Waals surface area contributed by atoms with Crippen molar-refractivity contribution >= 4 is 17.0 Å². The maximum Gasteiger partial charge on any atom is 0.303 e. The van der Waals surface area contributed by atoms with E-state index in [1.807, 2.05) is 48.5 Å². The SMILES string of the molecule is O=C(O)CCCCc1cc2cccnc2n(-c2ccccc2)c1=O. The van der Waals surface area contributed by atoms with Gasteiger partial charge in [-0.25, -0.2) is 4.98 Å². The summed E-state index contributed by atoms with van der Waals surface area (Å²) in [6.07, 6.45) is 3.59. The van der Waals surface area contributed by atoms with Gasteiger partial charge in [0.05, 0.1) is 5.69 Å². The highest BCUT2D eigenvalue weighted by molar-refractivity contribution is 5.77. The van der Waals surface area contributed by atoms with Crippen LogP contribution in [-0.4, -0.2) is 20.6 Å². The Bertz CT molecular complexity index is 917. The molecule has 24 heavy (non-hydrogen) atoms. The van der Waals surface area contributed by atoms with Crippen LogP contribution in [0.4, 0.5) is 0 Å². The van der Waals surface area contributed by atoms with Crippen molar-refractivity contribution in [2.75, 3.05) is 0 Å². The zero-order valence-electron chi connectivity index (χ0n) is 13.2. The third-order valence-electron chi connectivity index (χ3n) is 3.94. The lowest BCUT2D eigenvalue weighted by atomic mass is 10.1. The number of hydrogen-bond acceptors (Lipinski definition) is 3. The van der Waals surface area contributed by atoms with Crippen molar-refractivity contribution in [1.29, 1.82) is 0 Å². The van der Waals surface area contributed by atoms with Gasteiger partial charge in [-0.2, -0.15) is 0 Å². The van der Waals surface area contributed by atoms with Gasteiger partial charge in [0, 0.05) is 23.6 Å². The number of nitrogens with zero attached hydrogens (tertiary/aromatic N) is 2. The number of rotatable bonds is 6. The zero-order valence-corrected chi connectivity index (χ0v) is 13.2. The van der Waals surface area contributed by atoms with Gasteiger partial charge in [-0.1, -0.05) is 18.2 Å². The normalized spacial score (nSPS) is 10.8. The second-order valence-corrected chi connectivity index (χ2v) is 5.66. The first-order valence-corrected chi connectivity index (χ1v) is 7.93. The van der Waals surface area contributed by atoms with Gasteiger partial charge in [0.2, 0.25) is 0 Å². The van der Waals surface area contributed by atoms with Crippen LogP contribution in [0.3, 0.4) is 0 Å². The second kappa shape index (κ2) is 7.08. The quantitative estimate of drug-likeness (QED) is 0.708. The van der Waals surface area contributed by atoms with E-state index in [9.17, 15) is 9.59 Å². The number of carbonyl (C=O) groups is 1. The number of carboxylic acids is 1. The largest absolute Gasteiger partial charge is 0.481 e. The fraction of sp³-hybridized carbons (Fsp3) is 0.211. The predicted molar refractivity (Wildman–Crippen MR) is 92.5 cm³/mol. The Morgan fingerprint density at radius 2 is 1.88 bits per heavy atom. The summed E-state index contributed by atoms with van der Waals surface area (Å²) in [6.45, 7) is 0. The Labute approximate surface area is 139 Å². The molecule has 2 aromatic heterocycles. The third kappa shape index (κ3) is 3.35. The van der Waals surface area contributed by atoms with Gasteiger partial charge in [0.1, 0.15) is 5.65 Å². The van der Waals surface area contributed by atoms with Crippen LogP contribution in [0.5, 0.6) is 0 Å². The standard InChI is InChI=1S/C19H18N2O3/c22-17(23)11-5-4-7-15-13-14-8-6-12-20-18(14)21(19(15)24)16-9-2-1-3-10-16/h1-3,6,8-10,12-13H,4-5,7,11H2,(H,22,23). The first kappa shape index (κ1) is 15.9. The van der Waals surface area contributed by atoms with E-state index in [2.05, 4.69) is 4.98 Å². The number of fused-ring (bicyclic) bond motifs is 1. The lowest BCUT2D eigenvalue weighted by Gasteiger charge is -2.12. The molecule has 0 amide bonds. The summed E-state index contributed by atoms with van der Waals surface area (Å²) in [7, 11) is 0. The number of unbranched alkanes of at least 4 members (excludes halogenated alkanes) is 1. The number of aryl methyl sites for hydroxylation is 1. The van der Waals surface area contributed by atoms with Crippen LogP contribution in [0.15, 0.2) is 59.5 Å². The molecule has 0 aliphatic carbocycles. The molecule has 3 aromatic rings. The zero-order chi connectivity index (χ0) is 16.9. The van der Waals surface area contributed by atoms with Crippen molar-refractivity contribution in [3.05, 3.63) is 70.6 Å². The van der Waals surface area contributed by atoms with Crippen LogP contribution in [0.25, 0.3) is 16.7 Å². The molecule has 3 rings (SSSR count). The molecule has 0 spiro atoms. The van der Waals surface area contributed by atoms with Gasteiger partial charge in [-0.15, -0.1) is 0 Å². The summed E-state index contributed by atoms with van der Waals surface area (Å²) in [6, 6.07) is 15.1. The van der Waals surface area contributed by atoms with Gasteiger partial charge in [-0.3, -0.25) is 14.2 Å². The van der Waals surface area contributed by atoms with Crippen molar-refractivity contribution in [2.45, 2.75) is 25.7 Å². The highest BCUT2D eigenvalue weighted by Gasteiger charge is 2.11. The van der Waals surface area contributed by atoms with Crippen LogP contribution in [0.2, 0.25) is 0 Å². The highest BCUT2D eigenvalue weighted by atomic mass is 16.4. The fourth-order valence-electron chi connectivity index (χ4n) is 2.79. The summed E-state index contributed by atoms with van der Waals surface area (Å²) in [4.78, 5) is 27.9. The Kier molecular flexibility index (Phi) is 4.70. The summed E-state index contributed by atoms with van der Waals surface area (Å²) in [5, 5.41) is 9.62. The van der Waals surface area contributed by atoms with Crippen LogP contribution in [0, 0.1) is 0 Å². The maximum absolute atomic E-state index is 12.9. The topological polar surface area (TPSA) is 72.2 Å². The molecule has 2 heterocycles. The Morgan fingerprint density at radius 1 is 1.08 bits per heavy atom. The van der Waals surface area contributed by atoms with Crippen molar-refractivity contribution in [1.82, 2.24) is 9.55 Å². The highest BCUT2D eigenvalue weighted by Crippen LogP contribution is 2.16. The number of carboxylic acid groups (broad SMARTS) is 1.